The summed E-state index contributed by atoms with van der Waals surface area (Å²) in [4.78, 5) is 37.9. The summed E-state index contributed by atoms with van der Waals surface area (Å²) in [5.74, 6) is -0.371. The van der Waals surface area contributed by atoms with E-state index in [1.54, 1.807) is 12.1 Å². The second-order valence-electron chi connectivity index (χ2n) is 5.96. The third-order valence-corrected chi connectivity index (χ3v) is 4.24. The molecule has 1 heterocycles. The summed E-state index contributed by atoms with van der Waals surface area (Å²) in [6.45, 7) is 4.74. The Balaban J connectivity index is 1.87. The minimum atomic E-state index is -0.493. The summed E-state index contributed by atoms with van der Waals surface area (Å²) in [7, 11) is 0. The predicted octanol–water partition coefficient (Wildman–Crippen LogP) is 1.61. The van der Waals surface area contributed by atoms with Crippen molar-refractivity contribution in [3.05, 3.63) is 33.3 Å². The van der Waals surface area contributed by atoms with Crippen LogP contribution in [0.2, 0.25) is 5.02 Å². The van der Waals surface area contributed by atoms with Crippen molar-refractivity contribution in [1.29, 1.82) is 0 Å². The minimum absolute atomic E-state index is 0.0312. The van der Waals surface area contributed by atoms with Crippen LogP contribution in [0, 0.1) is 10.1 Å². The number of urea groups is 1. The Kier molecular flexibility index (Phi) is 7.16. The molecule has 142 valence electrons. The summed E-state index contributed by atoms with van der Waals surface area (Å²) in [5, 5.41) is 16.4. The number of benzene rings is 1. The summed E-state index contributed by atoms with van der Waals surface area (Å²) in [6.07, 6.45) is 0.792. The molecule has 1 saturated heterocycles. The van der Waals surface area contributed by atoms with Crippen LogP contribution >= 0.6 is 11.6 Å². The number of hydrogen-bond acceptors (Lipinski definition) is 6. The number of carbonyl (C=O) groups excluding carboxylic acids is 2. The molecule has 0 spiro atoms. The van der Waals surface area contributed by atoms with Crippen molar-refractivity contribution in [2.24, 2.45) is 0 Å². The molecule has 0 unspecified atom stereocenters. The molecule has 0 radical (unpaired) electrons. The van der Waals surface area contributed by atoms with E-state index in [1.165, 1.54) is 6.07 Å². The third-order valence-electron chi connectivity index (χ3n) is 4.00. The monoisotopic (exact) mass is 383 g/mol. The number of halogens is 1. The molecular formula is C16H22ClN5O4. The second-order valence-corrected chi connectivity index (χ2v) is 6.39. The zero-order chi connectivity index (χ0) is 19.1. The number of hydrogen-bond donors (Lipinski definition) is 2. The van der Waals surface area contributed by atoms with Crippen molar-refractivity contribution >= 4 is 34.9 Å². The van der Waals surface area contributed by atoms with E-state index in [2.05, 4.69) is 10.6 Å². The average molecular weight is 384 g/mol. The summed E-state index contributed by atoms with van der Waals surface area (Å²) in [5.41, 5.74) is 0.485. The number of nitrogens with one attached hydrogen (secondary N) is 2. The fourth-order valence-electron chi connectivity index (χ4n) is 2.71. The summed E-state index contributed by atoms with van der Waals surface area (Å²) in [6, 6.07) is 4.11. The number of nitro benzene ring substituents is 1. The van der Waals surface area contributed by atoms with Crippen molar-refractivity contribution in [2.45, 2.75) is 13.3 Å². The highest BCUT2D eigenvalue weighted by Gasteiger charge is 2.25. The molecule has 0 bridgehead atoms. The highest BCUT2D eigenvalue weighted by atomic mass is 35.5. The molecule has 1 aliphatic rings. The van der Waals surface area contributed by atoms with Crippen LogP contribution in [0.1, 0.15) is 13.3 Å². The largest absolute Gasteiger partial charge is 0.363 e. The average Bonchev–Trinajstić information content (AvgIpc) is 2.60. The molecular weight excluding hydrogens is 362 g/mol. The zero-order valence-electron chi connectivity index (χ0n) is 14.5. The van der Waals surface area contributed by atoms with Gasteiger partial charge in [-0.15, -0.1) is 0 Å². The highest BCUT2D eigenvalue weighted by Crippen LogP contribution is 2.31. The number of rotatable bonds is 6. The van der Waals surface area contributed by atoms with Crippen LogP contribution in [0.3, 0.4) is 0 Å². The van der Waals surface area contributed by atoms with Crippen LogP contribution in [0.25, 0.3) is 0 Å². The fraction of sp³-hybridized carbons (Fsp3) is 0.500. The first-order chi connectivity index (χ1) is 12.4. The van der Waals surface area contributed by atoms with E-state index >= 15 is 0 Å². The van der Waals surface area contributed by atoms with Gasteiger partial charge in [0.1, 0.15) is 5.69 Å². The van der Waals surface area contributed by atoms with Gasteiger partial charge in [0.15, 0.2) is 0 Å². The fourth-order valence-corrected chi connectivity index (χ4v) is 2.88. The molecule has 0 atom stereocenters. The molecule has 1 aromatic rings. The molecule has 1 aromatic carbocycles. The number of piperazine rings is 1. The molecule has 26 heavy (non-hydrogen) atoms. The first kappa shape index (κ1) is 19.9. The number of nitrogens with zero attached hydrogens (tertiary/aromatic N) is 3. The quantitative estimate of drug-likeness (QED) is 0.570. The second kappa shape index (κ2) is 9.35. The molecule has 10 heteroatoms. The molecule has 9 nitrogen and oxygen atoms in total. The lowest BCUT2D eigenvalue weighted by molar-refractivity contribution is -0.384. The first-order valence-corrected chi connectivity index (χ1v) is 8.77. The normalized spacial score (nSPS) is 14.8. The number of imide groups is 1. The number of amides is 3. The van der Waals surface area contributed by atoms with E-state index in [9.17, 15) is 19.7 Å². The van der Waals surface area contributed by atoms with Gasteiger partial charge in [-0.1, -0.05) is 18.5 Å². The molecule has 0 aromatic heterocycles. The molecule has 3 amide bonds. The van der Waals surface area contributed by atoms with Crippen molar-refractivity contribution in [3.63, 3.8) is 0 Å². The van der Waals surface area contributed by atoms with Gasteiger partial charge in [-0.3, -0.25) is 25.1 Å². The summed E-state index contributed by atoms with van der Waals surface area (Å²) >= 11 is 5.85. The Morgan fingerprint density at radius 2 is 1.96 bits per heavy atom. The minimum Gasteiger partial charge on any atom is -0.363 e. The number of carbonyl (C=O) groups is 2. The number of anilines is 1. The maximum Gasteiger partial charge on any atom is 0.321 e. The zero-order valence-corrected chi connectivity index (χ0v) is 15.3. The van der Waals surface area contributed by atoms with Crippen LogP contribution in [0.5, 0.6) is 0 Å². The molecule has 1 aliphatic heterocycles. The van der Waals surface area contributed by atoms with Gasteiger partial charge >= 0.3 is 6.03 Å². The first-order valence-electron chi connectivity index (χ1n) is 8.39. The van der Waals surface area contributed by atoms with Gasteiger partial charge in [-0.2, -0.15) is 0 Å². The maximum atomic E-state index is 11.9. The van der Waals surface area contributed by atoms with E-state index in [1.807, 2.05) is 16.7 Å². The maximum absolute atomic E-state index is 11.9. The van der Waals surface area contributed by atoms with Crippen LogP contribution in [-0.4, -0.2) is 61.0 Å². The van der Waals surface area contributed by atoms with E-state index in [4.69, 9.17) is 11.6 Å². The van der Waals surface area contributed by atoms with Gasteiger partial charge in [0, 0.05) is 43.8 Å². The number of nitro groups is 1. The molecule has 2 rings (SSSR count). The van der Waals surface area contributed by atoms with Crippen LogP contribution < -0.4 is 15.5 Å². The van der Waals surface area contributed by atoms with Gasteiger partial charge < -0.3 is 10.2 Å². The Bertz CT molecular complexity index is 677. The molecule has 1 fully saturated rings. The van der Waals surface area contributed by atoms with Crippen molar-refractivity contribution in [3.8, 4) is 0 Å². The topological polar surface area (TPSA) is 108 Å². The van der Waals surface area contributed by atoms with Gasteiger partial charge in [-0.05, 0) is 18.6 Å². The SMILES string of the molecule is CCCNC(=O)NC(=O)CN1CCN(c2ccc(Cl)cc2[N+](=O)[O-])CC1. The van der Waals surface area contributed by atoms with Gasteiger partial charge in [0.2, 0.25) is 5.91 Å². The highest BCUT2D eigenvalue weighted by molar-refractivity contribution is 6.30. The Morgan fingerprint density at radius 3 is 2.58 bits per heavy atom. The van der Waals surface area contributed by atoms with E-state index < -0.39 is 11.0 Å². The third kappa shape index (κ3) is 5.57. The smallest absolute Gasteiger partial charge is 0.321 e. The van der Waals surface area contributed by atoms with E-state index in [0.29, 0.717) is 43.4 Å². The van der Waals surface area contributed by atoms with Crippen LogP contribution in [-0.2, 0) is 4.79 Å². The van der Waals surface area contributed by atoms with Crippen molar-refractivity contribution < 1.29 is 14.5 Å². The van der Waals surface area contributed by atoms with Crippen LogP contribution in [0.15, 0.2) is 18.2 Å². The Hall–Kier alpha value is -2.39. The lowest BCUT2D eigenvalue weighted by Crippen LogP contribution is -2.51. The van der Waals surface area contributed by atoms with E-state index in [-0.39, 0.29) is 18.1 Å². The molecule has 0 saturated carbocycles. The standard InChI is InChI=1S/C16H22ClN5O4/c1-2-5-18-16(24)19-15(23)11-20-6-8-21(9-7-20)13-4-3-12(17)10-14(13)22(25)26/h3-4,10H,2,5-9,11H2,1H3,(H2,18,19,23,24). The van der Waals surface area contributed by atoms with Gasteiger partial charge in [0.05, 0.1) is 11.5 Å². The molecule has 2 N–H and O–H groups in total. The van der Waals surface area contributed by atoms with Crippen LogP contribution in [0.4, 0.5) is 16.2 Å². The van der Waals surface area contributed by atoms with Gasteiger partial charge in [-0.25, -0.2) is 4.79 Å². The van der Waals surface area contributed by atoms with Crippen molar-refractivity contribution in [1.82, 2.24) is 15.5 Å². The Labute approximate surface area is 156 Å². The van der Waals surface area contributed by atoms with Crippen molar-refractivity contribution in [2.75, 3.05) is 44.2 Å². The molecule has 0 aliphatic carbocycles. The van der Waals surface area contributed by atoms with Gasteiger partial charge in [0.25, 0.3) is 5.69 Å². The van der Waals surface area contributed by atoms with E-state index in [0.717, 1.165) is 6.42 Å². The lowest BCUT2D eigenvalue weighted by atomic mass is 10.2. The lowest BCUT2D eigenvalue weighted by Gasteiger charge is -2.35. The predicted molar refractivity (Wildman–Crippen MR) is 98.6 cm³/mol. The summed E-state index contributed by atoms with van der Waals surface area (Å²) < 4.78 is 0. The Morgan fingerprint density at radius 1 is 1.27 bits per heavy atom.